The van der Waals surface area contributed by atoms with Gasteiger partial charge in [-0.05, 0) is 54.6 Å². The number of carbonyl (C=O) groups is 3. The van der Waals surface area contributed by atoms with E-state index in [1.807, 2.05) is 0 Å². The highest BCUT2D eigenvalue weighted by molar-refractivity contribution is 7.49. The van der Waals surface area contributed by atoms with Gasteiger partial charge in [-0.25, -0.2) is 13.2 Å². The molecule has 3 aromatic rings. The smallest absolute Gasteiger partial charge is 0.383 e. The van der Waals surface area contributed by atoms with Gasteiger partial charge in [0.25, 0.3) is 0 Å². The minimum absolute atomic E-state index is 0.0579. The highest BCUT2D eigenvalue weighted by atomic mass is 31.2. The van der Waals surface area contributed by atoms with Gasteiger partial charge in [0.15, 0.2) is 34.7 Å². The van der Waals surface area contributed by atoms with E-state index in [9.17, 15) is 32.1 Å². The van der Waals surface area contributed by atoms with Gasteiger partial charge >= 0.3 is 7.82 Å². The molecular formula is C21H12F3O7P. The molecular weight excluding hydrogens is 452 g/mol. The van der Waals surface area contributed by atoms with Crippen LogP contribution in [-0.2, 0) is 4.57 Å². The number of phosphoric acid groups is 1. The van der Waals surface area contributed by atoms with Crippen LogP contribution in [0.5, 0.6) is 17.2 Å². The van der Waals surface area contributed by atoms with Crippen molar-refractivity contribution < 1.29 is 45.7 Å². The number of benzene rings is 3. The average Bonchev–Trinajstić information content (AvgIpc) is 2.78. The molecule has 0 fully saturated rings. The second-order valence-corrected chi connectivity index (χ2v) is 7.59. The fraction of sp³-hybridized carbons (Fsp3) is 0. The number of phosphoric ester groups is 1. The third-order valence-corrected chi connectivity index (χ3v) is 5.17. The van der Waals surface area contributed by atoms with Crippen molar-refractivity contribution in [3.63, 3.8) is 0 Å². The van der Waals surface area contributed by atoms with E-state index in [4.69, 9.17) is 13.6 Å². The van der Waals surface area contributed by atoms with Crippen LogP contribution in [0.15, 0.2) is 54.6 Å². The molecule has 32 heavy (non-hydrogen) atoms. The van der Waals surface area contributed by atoms with E-state index < -0.39 is 42.5 Å². The Morgan fingerprint density at radius 1 is 0.562 bits per heavy atom. The van der Waals surface area contributed by atoms with Crippen LogP contribution in [0.1, 0.15) is 31.1 Å². The van der Waals surface area contributed by atoms with Crippen molar-refractivity contribution in [2.45, 2.75) is 0 Å². The minimum atomic E-state index is -5.02. The fourth-order valence-corrected chi connectivity index (χ4v) is 3.69. The molecule has 7 nitrogen and oxygen atoms in total. The first-order chi connectivity index (χ1) is 15.3. The summed E-state index contributed by atoms with van der Waals surface area (Å²) >= 11 is 0. The van der Waals surface area contributed by atoms with Gasteiger partial charge in [0.2, 0.25) is 0 Å². The van der Waals surface area contributed by atoms with Gasteiger partial charge in [0.05, 0.1) is 0 Å². The van der Waals surface area contributed by atoms with Crippen LogP contribution >= 0.6 is 7.82 Å². The molecule has 0 spiro atoms. The van der Waals surface area contributed by atoms with Gasteiger partial charge in [0, 0.05) is 16.7 Å². The van der Waals surface area contributed by atoms with E-state index in [0.29, 0.717) is 18.9 Å². The first-order valence-corrected chi connectivity index (χ1v) is 10.2. The summed E-state index contributed by atoms with van der Waals surface area (Å²) in [6.07, 6.45) is 1.06. The molecule has 3 rings (SSSR count). The van der Waals surface area contributed by atoms with Gasteiger partial charge in [-0.1, -0.05) is 0 Å². The van der Waals surface area contributed by atoms with Crippen LogP contribution < -0.4 is 13.6 Å². The Balaban J connectivity index is 2.01. The Hall–Kier alpha value is -3.91. The number of rotatable bonds is 9. The average molecular weight is 464 g/mol. The first-order valence-electron chi connectivity index (χ1n) is 8.70. The van der Waals surface area contributed by atoms with Crippen molar-refractivity contribution in [2.75, 3.05) is 0 Å². The molecule has 0 radical (unpaired) electrons. The molecule has 0 aliphatic heterocycles. The highest BCUT2D eigenvalue weighted by Crippen LogP contribution is 2.51. The van der Waals surface area contributed by atoms with E-state index in [2.05, 4.69) is 0 Å². The van der Waals surface area contributed by atoms with E-state index in [-0.39, 0.29) is 16.7 Å². The molecule has 3 aromatic carbocycles. The molecule has 0 aromatic heterocycles. The zero-order valence-electron chi connectivity index (χ0n) is 15.9. The molecule has 0 saturated heterocycles. The third-order valence-electron chi connectivity index (χ3n) is 3.91. The predicted molar refractivity (Wildman–Crippen MR) is 105 cm³/mol. The lowest BCUT2D eigenvalue weighted by Crippen LogP contribution is -2.10. The molecule has 0 aliphatic rings. The Labute approximate surface area is 179 Å². The van der Waals surface area contributed by atoms with Gasteiger partial charge in [-0.3, -0.25) is 14.4 Å². The lowest BCUT2D eigenvalue weighted by Gasteiger charge is -2.20. The zero-order valence-corrected chi connectivity index (χ0v) is 16.8. The maximum Gasteiger partial charge on any atom is 0.647 e. The molecule has 0 atom stereocenters. The number of hydrogen-bond acceptors (Lipinski definition) is 7. The van der Waals surface area contributed by atoms with Crippen molar-refractivity contribution in [3.8, 4) is 17.2 Å². The lowest BCUT2D eigenvalue weighted by molar-refractivity contribution is 0.111. The number of hydrogen-bond donors (Lipinski definition) is 0. The summed E-state index contributed by atoms with van der Waals surface area (Å²) in [5, 5.41) is 0. The standard InChI is InChI=1S/C21H12F3O7P/c22-16-7-13(10-25)1-4-19(16)29-32(28,30-20-5-2-14(11-26)8-17(20)23)31-21-6-3-15(12-27)9-18(21)24/h1-12H. The summed E-state index contributed by atoms with van der Waals surface area (Å²) in [5.74, 6) is -5.49. The molecule has 0 unspecified atom stereocenters. The van der Waals surface area contributed by atoms with Crippen LogP contribution in [0.3, 0.4) is 0 Å². The SMILES string of the molecule is O=Cc1ccc(OP(=O)(Oc2ccc(C=O)cc2F)Oc2ccc(C=O)cc2F)c(F)c1. The highest BCUT2D eigenvalue weighted by Gasteiger charge is 2.36. The van der Waals surface area contributed by atoms with Gasteiger partial charge in [0.1, 0.15) is 18.9 Å². The van der Waals surface area contributed by atoms with E-state index >= 15 is 0 Å². The largest absolute Gasteiger partial charge is 0.647 e. The Kier molecular flexibility index (Phi) is 6.75. The van der Waals surface area contributed by atoms with Crippen molar-refractivity contribution in [1.82, 2.24) is 0 Å². The lowest BCUT2D eigenvalue weighted by atomic mass is 10.2. The number of carbonyl (C=O) groups excluding carboxylic acids is 3. The summed E-state index contributed by atoms with van der Waals surface area (Å²) in [7, 11) is -5.02. The Bertz CT molecular complexity index is 1100. The molecule has 0 saturated carbocycles. The van der Waals surface area contributed by atoms with Crippen LogP contribution in [0.25, 0.3) is 0 Å². The van der Waals surface area contributed by atoms with Crippen molar-refractivity contribution >= 4 is 26.7 Å². The second kappa shape index (κ2) is 9.49. The Morgan fingerprint density at radius 3 is 1.06 bits per heavy atom. The fourth-order valence-electron chi connectivity index (χ4n) is 2.41. The van der Waals surface area contributed by atoms with Crippen molar-refractivity contribution in [1.29, 1.82) is 0 Å². The molecule has 0 heterocycles. The van der Waals surface area contributed by atoms with Crippen LogP contribution in [0.2, 0.25) is 0 Å². The predicted octanol–water partition coefficient (Wildman–Crippen LogP) is 5.19. The minimum Gasteiger partial charge on any atom is -0.383 e. The monoisotopic (exact) mass is 464 g/mol. The molecule has 0 aliphatic carbocycles. The van der Waals surface area contributed by atoms with Crippen molar-refractivity contribution in [2.24, 2.45) is 0 Å². The third kappa shape index (κ3) is 5.22. The topological polar surface area (TPSA) is 96.0 Å². The van der Waals surface area contributed by atoms with Crippen LogP contribution in [-0.4, -0.2) is 18.9 Å². The molecule has 0 amide bonds. The van der Waals surface area contributed by atoms with Crippen molar-refractivity contribution in [3.05, 3.63) is 88.7 Å². The summed E-state index contributed by atoms with van der Waals surface area (Å²) in [5.41, 5.74) is -0.174. The zero-order chi connectivity index (χ0) is 23.3. The molecule has 0 bridgehead atoms. The van der Waals surface area contributed by atoms with E-state index in [1.165, 1.54) is 0 Å². The Morgan fingerprint density at radius 2 is 0.844 bits per heavy atom. The molecule has 11 heteroatoms. The maximum absolute atomic E-state index is 14.3. The van der Waals surface area contributed by atoms with Gasteiger partial charge in [-0.15, -0.1) is 0 Å². The summed E-state index contributed by atoms with van der Waals surface area (Å²) in [6, 6.07) is 8.53. The van der Waals surface area contributed by atoms with Crippen LogP contribution in [0.4, 0.5) is 13.2 Å². The summed E-state index contributed by atoms with van der Waals surface area (Å²) in [4.78, 5) is 32.3. The summed E-state index contributed by atoms with van der Waals surface area (Å²) < 4.78 is 71.1. The molecule has 0 N–H and O–H groups in total. The quantitative estimate of drug-likeness (QED) is 0.318. The maximum atomic E-state index is 14.3. The van der Waals surface area contributed by atoms with E-state index in [0.717, 1.165) is 54.6 Å². The van der Waals surface area contributed by atoms with Gasteiger partial charge in [-0.2, -0.15) is 4.57 Å². The van der Waals surface area contributed by atoms with Crippen LogP contribution in [0, 0.1) is 17.5 Å². The second-order valence-electron chi connectivity index (χ2n) is 6.14. The first kappa shape index (κ1) is 22.8. The number of aldehydes is 3. The van der Waals surface area contributed by atoms with Gasteiger partial charge < -0.3 is 13.6 Å². The summed E-state index contributed by atoms with van der Waals surface area (Å²) in [6.45, 7) is 0. The number of halogens is 3. The normalized spacial score (nSPS) is 10.8. The molecule has 164 valence electrons. The van der Waals surface area contributed by atoms with E-state index in [1.54, 1.807) is 0 Å².